The summed E-state index contributed by atoms with van der Waals surface area (Å²) in [4.78, 5) is 2.52. The highest BCUT2D eigenvalue weighted by atomic mass is 15.1. The average molecular weight is 200 g/mol. The van der Waals surface area contributed by atoms with E-state index in [2.05, 4.69) is 25.7 Å². The molecule has 2 N–H and O–H groups in total. The largest absolute Gasteiger partial charge is 0.327 e. The topological polar surface area (TPSA) is 29.3 Å². The Labute approximate surface area is 89.9 Å². The van der Waals surface area contributed by atoms with Gasteiger partial charge in [0.05, 0.1) is 0 Å². The van der Waals surface area contributed by atoms with Crippen LogP contribution in [0.25, 0.3) is 0 Å². The van der Waals surface area contributed by atoms with E-state index in [1.807, 2.05) is 0 Å². The fourth-order valence-corrected chi connectivity index (χ4v) is 1.67. The van der Waals surface area contributed by atoms with Crippen LogP contribution < -0.4 is 5.73 Å². The average Bonchev–Trinajstić information content (AvgIpc) is 2.13. The summed E-state index contributed by atoms with van der Waals surface area (Å²) in [5.41, 5.74) is 5.83. The molecular weight excluding hydrogens is 172 g/mol. The second-order valence-electron chi connectivity index (χ2n) is 4.34. The van der Waals surface area contributed by atoms with Gasteiger partial charge in [0.2, 0.25) is 0 Å². The molecule has 86 valence electrons. The van der Waals surface area contributed by atoms with Crippen molar-refractivity contribution in [2.75, 3.05) is 19.6 Å². The molecule has 0 rings (SSSR count). The van der Waals surface area contributed by atoms with Crippen LogP contribution in [-0.2, 0) is 0 Å². The molecule has 0 heterocycles. The summed E-state index contributed by atoms with van der Waals surface area (Å²) < 4.78 is 0. The molecule has 0 amide bonds. The molecule has 0 saturated carbocycles. The normalized spacial score (nSPS) is 13.5. The smallest absolute Gasteiger partial charge is 0.0139 e. The predicted octanol–water partition coefficient (Wildman–Crippen LogP) is 2.63. The third-order valence-electron chi connectivity index (χ3n) is 2.45. The molecule has 1 atom stereocenters. The third kappa shape index (κ3) is 8.52. The van der Waals surface area contributed by atoms with E-state index in [1.54, 1.807) is 0 Å². The Morgan fingerprint density at radius 3 is 2.07 bits per heavy atom. The van der Waals surface area contributed by atoms with Crippen molar-refractivity contribution in [1.29, 1.82) is 0 Å². The van der Waals surface area contributed by atoms with Crippen molar-refractivity contribution in [3.05, 3.63) is 0 Å². The highest BCUT2D eigenvalue weighted by Gasteiger charge is 2.05. The van der Waals surface area contributed by atoms with Gasteiger partial charge in [-0.15, -0.1) is 0 Å². The SMILES string of the molecule is CCCCCN(CCCC)CC(C)N. The number of hydrogen-bond donors (Lipinski definition) is 1. The second kappa shape index (κ2) is 9.47. The van der Waals surface area contributed by atoms with Crippen molar-refractivity contribution in [3.63, 3.8) is 0 Å². The minimum absolute atomic E-state index is 0.313. The summed E-state index contributed by atoms with van der Waals surface area (Å²) in [6, 6.07) is 0.313. The Morgan fingerprint density at radius 2 is 1.57 bits per heavy atom. The van der Waals surface area contributed by atoms with Crippen molar-refractivity contribution in [2.45, 2.75) is 58.9 Å². The van der Waals surface area contributed by atoms with Crippen LogP contribution >= 0.6 is 0 Å². The van der Waals surface area contributed by atoms with Crippen molar-refractivity contribution < 1.29 is 0 Å². The molecule has 0 radical (unpaired) electrons. The van der Waals surface area contributed by atoms with Crippen molar-refractivity contribution in [1.82, 2.24) is 4.90 Å². The summed E-state index contributed by atoms with van der Waals surface area (Å²) in [5.74, 6) is 0. The fourth-order valence-electron chi connectivity index (χ4n) is 1.67. The molecule has 0 aromatic rings. The van der Waals surface area contributed by atoms with Gasteiger partial charge in [0, 0.05) is 12.6 Å². The van der Waals surface area contributed by atoms with Crippen LogP contribution in [-0.4, -0.2) is 30.6 Å². The molecule has 0 spiro atoms. The second-order valence-corrected chi connectivity index (χ2v) is 4.34. The molecule has 0 aromatic carbocycles. The van der Waals surface area contributed by atoms with E-state index >= 15 is 0 Å². The molecule has 1 unspecified atom stereocenters. The first kappa shape index (κ1) is 13.9. The summed E-state index contributed by atoms with van der Waals surface area (Å²) in [6.45, 7) is 10.1. The Bertz CT molecular complexity index is 113. The van der Waals surface area contributed by atoms with Gasteiger partial charge in [-0.25, -0.2) is 0 Å². The molecule has 0 aromatic heterocycles. The number of nitrogens with two attached hydrogens (primary N) is 1. The molecule has 0 aliphatic carbocycles. The van der Waals surface area contributed by atoms with Crippen LogP contribution in [0, 0.1) is 0 Å². The van der Waals surface area contributed by atoms with Gasteiger partial charge in [-0.2, -0.15) is 0 Å². The van der Waals surface area contributed by atoms with Crippen LogP contribution in [0.1, 0.15) is 52.9 Å². The van der Waals surface area contributed by atoms with Crippen LogP contribution in [0.3, 0.4) is 0 Å². The molecule has 14 heavy (non-hydrogen) atoms. The van der Waals surface area contributed by atoms with E-state index in [1.165, 1.54) is 45.2 Å². The Balaban J connectivity index is 3.61. The zero-order valence-electron chi connectivity index (χ0n) is 10.3. The van der Waals surface area contributed by atoms with Crippen molar-refractivity contribution >= 4 is 0 Å². The predicted molar refractivity (Wildman–Crippen MR) is 64.5 cm³/mol. The Kier molecular flexibility index (Phi) is 9.42. The van der Waals surface area contributed by atoms with Crippen LogP contribution in [0.2, 0.25) is 0 Å². The maximum atomic E-state index is 5.83. The molecule has 0 aliphatic rings. The molecule has 2 heteroatoms. The van der Waals surface area contributed by atoms with Gasteiger partial charge in [0.1, 0.15) is 0 Å². The summed E-state index contributed by atoms with van der Waals surface area (Å²) in [6.07, 6.45) is 6.57. The molecule has 0 saturated heterocycles. The van der Waals surface area contributed by atoms with E-state index in [-0.39, 0.29) is 0 Å². The van der Waals surface area contributed by atoms with Gasteiger partial charge < -0.3 is 10.6 Å². The quantitative estimate of drug-likeness (QED) is 0.580. The molecular formula is C12H28N2. The van der Waals surface area contributed by atoms with Gasteiger partial charge in [0.25, 0.3) is 0 Å². The molecule has 0 bridgehead atoms. The van der Waals surface area contributed by atoms with Gasteiger partial charge in [-0.1, -0.05) is 33.1 Å². The monoisotopic (exact) mass is 200 g/mol. The Morgan fingerprint density at radius 1 is 1.00 bits per heavy atom. The highest BCUT2D eigenvalue weighted by molar-refractivity contribution is 4.64. The third-order valence-corrected chi connectivity index (χ3v) is 2.45. The maximum Gasteiger partial charge on any atom is 0.0139 e. The zero-order valence-corrected chi connectivity index (χ0v) is 10.3. The Hall–Kier alpha value is -0.0800. The van der Waals surface area contributed by atoms with Crippen LogP contribution in [0.15, 0.2) is 0 Å². The van der Waals surface area contributed by atoms with Crippen molar-refractivity contribution in [3.8, 4) is 0 Å². The number of nitrogens with zero attached hydrogens (tertiary/aromatic N) is 1. The summed E-state index contributed by atoms with van der Waals surface area (Å²) >= 11 is 0. The first-order valence-electron chi connectivity index (χ1n) is 6.18. The molecule has 0 fully saturated rings. The summed E-state index contributed by atoms with van der Waals surface area (Å²) in [5, 5.41) is 0. The first-order chi connectivity index (χ1) is 6.70. The fraction of sp³-hybridized carbons (Fsp3) is 1.00. The van der Waals surface area contributed by atoms with Crippen molar-refractivity contribution in [2.24, 2.45) is 5.73 Å². The van der Waals surface area contributed by atoms with E-state index < -0.39 is 0 Å². The van der Waals surface area contributed by atoms with E-state index in [9.17, 15) is 0 Å². The number of unbranched alkanes of at least 4 members (excludes halogenated alkanes) is 3. The van der Waals surface area contributed by atoms with Gasteiger partial charge in [0.15, 0.2) is 0 Å². The number of hydrogen-bond acceptors (Lipinski definition) is 2. The lowest BCUT2D eigenvalue weighted by molar-refractivity contribution is 0.252. The summed E-state index contributed by atoms with van der Waals surface area (Å²) in [7, 11) is 0. The van der Waals surface area contributed by atoms with E-state index in [4.69, 9.17) is 5.73 Å². The van der Waals surface area contributed by atoms with E-state index in [0.29, 0.717) is 6.04 Å². The van der Waals surface area contributed by atoms with Crippen LogP contribution in [0.5, 0.6) is 0 Å². The van der Waals surface area contributed by atoms with Gasteiger partial charge >= 0.3 is 0 Å². The standard InChI is InChI=1S/C12H28N2/c1-4-6-8-10-14(9-7-5-2)11-12(3)13/h12H,4-11,13H2,1-3H3. The number of rotatable bonds is 9. The molecule has 2 nitrogen and oxygen atoms in total. The van der Waals surface area contributed by atoms with Crippen LogP contribution in [0.4, 0.5) is 0 Å². The highest BCUT2D eigenvalue weighted by Crippen LogP contribution is 2.01. The van der Waals surface area contributed by atoms with E-state index in [0.717, 1.165) is 6.54 Å². The molecule has 0 aliphatic heterocycles. The maximum absolute atomic E-state index is 5.83. The minimum Gasteiger partial charge on any atom is -0.327 e. The minimum atomic E-state index is 0.313. The van der Waals surface area contributed by atoms with Gasteiger partial charge in [-0.05, 0) is 32.9 Å². The first-order valence-corrected chi connectivity index (χ1v) is 6.18. The zero-order chi connectivity index (χ0) is 10.8. The van der Waals surface area contributed by atoms with Gasteiger partial charge in [-0.3, -0.25) is 0 Å². The lowest BCUT2D eigenvalue weighted by atomic mass is 10.2. The lowest BCUT2D eigenvalue weighted by Gasteiger charge is -2.23. The lowest BCUT2D eigenvalue weighted by Crippen LogP contribution is -2.36.